The van der Waals surface area contributed by atoms with Gasteiger partial charge in [-0.25, -0.2) is 9.67 Å². The molecule has 2 aromatic rings. The van der Waals surface area contributed by atoms with Crippen molar-refractivity contribution in [2.75, 3.05) is 44.2 Å². The molecule has 0 N–H and O–H groups in total. The SMILES string of the molecule is Cc1nn(C)c2nc(N3CCN(C[C@@H]4CCCO4)CC3)sc12. The number of thiazole rings is 1. The first-order valence-electron chi connectivity index (χ1n) is 8.10. The van der Waals surface area contributed by atoms with Crippen LogP contribution in [-0.2, 0) is 11.8 Å². The zero-order valence-electron chi connectivity index (χ0n) is 13.3. The summed E-state index contributed by atoms with van der Waals surface area (Å²) in [7, 11) is 1.97. The molecule has 0 spiro atoms. The molecule has 0 bridgehead atoms. The Morgan fingerprint density at radius 3 is 2.77 bits per heavy atom. The molecule has 4 rings (SSSR count). The number of aryl methyl sites for hydroxylation is 2. The quantitative estimate of drug-likeness (QED) is 0.860. The standard InChI is InChI=1S/C15H23N5OS/c1-11-13-14(18(2)17-11)16-15(22-13)20-7-5-19(6-8-20)10-12-4-3-9-21-12/h12H,3-10H2,1-2H3/t12-/m0/s1. The summed E-state index contributed by atoms with van der Waals surface area (Å²) in [5.41, 5.74) is 2.09. The minimum absolute atomic E-state index is 0.461. The van der Waals surface area contributed by atoms with E-state index in [2.05, 4.69) is 21.8 Å². The summed E-state index contributed by atoms with van der Waals surface area (Å²) in [5.74, 6) is 0. The monoisotopic (exact) mass is 321 g/mol. The van der Waals surface area contributed by atoms with Gasteiger partial charge in [0, 0.05) is 46.4 Å². The van der Waals surface area contributed by atoms with E-state index in [4.69, 9.17) is 9.72 Å². The second-order valence-electron chi connectivity index (χ2n) is 6.28. The van der Waals surface area contributed by atoms with Gasteiger partial charge in [-0.2, -0.15) is 5.10 Å². The fraction of sp³-hybridized carbons (Fsp3) is 0.733. The van der Waals surface area contributed by atoms with Gasteiger partial charge in [-0.15, -0.1) is 0 Å². The summed E-state index contributed by atoms with van der Waals surface area (Å²) in [6.07, 6.45) is 2.91. The van der Waals surface area contributed by atoms with E-state index < -0.39 is 0 Å². The first-order valence-corrected chi connectivity index (χ1v) is 8.91. The average Bonchev–Trinajstić information content (AvgIpc) is 3.21. The topological polar surface area (TPSA) is 46.4 Å². The summed E-state index contributed by atoms with van der Waals surface area (Å²) in [5, 5.41) is 5.57. The van der Waals surface area contributed by atoms with Crippen molar-refractivity contribution in [2.24, 2.45) is 7.05 Å². The van der Waals surface area contributed by atoms with Gasteiger partial charge in [0.25, 0.3) is 0 Å². The Morgan fingerprint density at radius 2 is 2.09 bits per heavy atom. The van der Waals surface area contributed by atoms with Crippen LogP contribution in [0.15, 0.2) is 0 Å². The van der Waals surface area contributed by atoms with E-state index in [-0.39, 0.29) is 0 Å². The summed E-state index contributed by atoms with van der Waals surface area (Å²) < 4.78 is 8.86. The van der Waals surface area contributed by atoms with Crippen molar-refractivity contribution in [3.05, 3.63) is 5.69 Å². The molecule has 2 aliphatic heterocycles. The Labute approximate surface area is 134 Å². The summed E-state index contributed by atoms with van der Waals surface area (Å²) in [6.45, 7) is 8.42. The molecule has 7 heteroatoms. The van der Waals surface area contributed by atoms with E-state index in [0.717, 1.165) is 55.8 Å². The van der Waals surface area contributed by atoms with Crippen molar-refractivity contribution in [2.45, 2.75) is 25.9 Å². The molecule has 0 saturated carbocycles. The van der Waals surface area contributed by atoms with Crippen LogP contribution in [0.5, 0.6) is 0 Å². The Hall–Kier alpha value is -1.18. The highest BCUT2D eigenvalue weighted by Crippen LogP contribution is 2.31. The van der Waals surface area contributed by atoms with E-state index >= 15 is 0 Å². The average molecular weight is 321 g/mol. The number of rotatable bonds is 3. The summed E-state index contributed by atoms with van der Waals surface area (Å²) >= 11 is 1.77. The van der Waals surface area contributed by atoms with Crippen molar-refractivity contribution in [3.63, 3.8) is 0 Å². The molecule has 4 heterocycles. The minimum Gasteiger partial charge on any atom is -0.377 e. The van der Waals surface area contributed by atoms with Crippen LogP contribution in [0, 0.1) is 6.92 Å². The van der Waals surface area contributed by atoms with E-state index in [9.17, 15) is 0 Å². The van der Waals surface area contributed by atoms with Crippen LogP contribution < -0.4 is 4.90 Å². The normalized spacial score (nSPS) is 23.7. The van der Waals surface area contributed by atoms with Gasteiger partial charge in [-0.1, -0.05) is 11.3 Å². The molecule has 0 radical (unpaired) electrons. The van der Waals surface area contributed by atoms with Crippen LogP contribution in [0.4, 0.5) is 5.13 Å². The van der Waals surface area contributed by atoms with Crippen molar-refractivity contribution < 1.29 is 4.74 Å². The van der Waals surface area contributed by atoms with Crippen LogP contribution in [0.2, 0.25) is 0 Å². The molecule has 120 valence electrons. The van der Waals surface area contributed by atoms with Crippen LogP contribution in [0.25, 0.3) is 10.3 Å². The number of aromatic nitrogens is 3. The lowest BCUT2D eigenvalue weighted by Gasteiger charge is -2.35. The molecule has 0 aliphatic carbocycles. The highest BCUT2D eigenvalue weighted by molar-refractivity contribution is 7.22. The van der Waals surface area contributed by atoms with Crippen molar-refractivity contribution in [1.82, 2.24) is 19.7 Å². The molecule has 0 amide bonds. The number of hydrogen-bond acceptors (Lipinski definition) is 6. The number of fused-ring (bicyclic) bond motifs is 1. The summed E-state index contributed by atoms with van der Waals surface area (Å²) in [6, 6.07) is 0. The fourth-order valence-corrected chi connectivity index (χ4v) is 4.49. The molecule has 6 nitrogen and oxygen atoms in total. The lowest BCUT2D eigenvalue weighted by Crippen LogP contribution is -2.48. The Bertz CT molecular complexity index is 618. The van der Waals surface area contributed by atoms with Crippen LogP contribution in [-0.4, -0.2) is 65.1 Å². The molecule has 1 atom stereocenters. The van der Waals surface area contributed by atoms with Gasteiger partial charge in [-0.3, -0.25) is 4.90 Å². The number of piperazine rings is 1. The molecule has 2 fully saturated rings. The number of nitrogens with zero attached hydrogens (tertiary/aromatic N) is 5. The largest absolute Gasteiger partial charge is 0.377 e. The van der Waals surface area contributed by atoms with E-state index in [1.807, 2.05) is 11.7 Å². The summed E-state index contributed by atoms with van der Waals surface area (Å²) in [4.78, 5) is 9.73. The maximum atomic E-state index is 5.75. The van der Waals surface area contributed by atoms with Crippen LogP contribution in [0.1, 0.15) is 18.5 Å². The highest BCUT2D eigenvalue weighted by Gasteiger charge is 2.24. The van der Waals surface area contributed by atoms with Gasteiger partial charge >= 0.3 is 0 Å². The Morgan fingerprint density at radius 1 is 1.27 bits per heavy atom. The number of anilines is 1. The third-order valence-corrected chi connectivity index (χ3v) is 5.88. The first kappa shape index (κ1) is 14.4. The Balaban J connectivity index is 1.40. The molecule has 0 unspecified atom stereocenters. The van der Waals surface area contributed by atoms with Gasteiger partial charge < -0.3 is 9.64 Å². The molecule has 2 aliphatic rings. The third-order valence-electron chi connectivity index (χ3n) is 4.66. The van der Waals surface area contributed by atoms with Gasteiger partial charge in [0.1, 0.15) is 0 Å². The molecular weight excluding hydrogens is 298 g/mol. The number of hydrogen-bond donors (Lipinski definition) is 0. The van der Waals surface area contributed by atoms with Gasteiger partial charge in [0.05, 0.1) is 16.5 Å². The molecule has 2 aromatic heterocycles. The van der Waals surface area contributed by atoms with Crippen LogP contribution >= 0.6 is 11.3 Å². The number of ether oxygens (including phenoxy) is 1. The first-order chi connectivity index (χ1) is 10.7. The zero-order chi connectivity index (χ0) is 15.1. The second kappa shape index (κ2) is 5.79. The van der Waals surface area contributed by atoms with E-state index in [1.54, 1.807) is 11.3 Å². The minimum atomic E-state index is 0.461. The molecular formula is C15H23N5OS. The second-order valence-corrected chi connectivity index (χ2v) is 7.26. The molecule has 22 heavy (non-hydrogen) atoms. The highest BCUT2D eigenvalue weighted by atomic mass is 32.1. The molecule has 2 saturated heterocycles. The smallest absolute Gasteiger partial charge is 0.188 e. The predicted octanol–water partition coefficient (Wildman–Crippen LogP) is 1.64. The lowest BCUT2D eigenvalue weighted by atomic mass is 10.2. The zero-order valence-corrected chi connectivity index (χ0v) is 14.1. The van der Waals surface area contributed by atoms with Crippen LogP contribution in [0.3, 0.4) is 0 Å². The third kappa shape index (κ3) is 2.61. The van der Waals surface area contributed by atoms with E-state index in [1.165, 1.54) is 17.5 Å². The Kier molecular flexibility index (Phi) is 3.79. The lowest BCUT2D eigenvalue weighted by molar-refractivity contribution is 0.0713. The van der Waals surface area contributed by atoms with Gasteiger partial charge in [0.15, 0.2) is 10.8 Å². The maximum Gasteiger partial charge on any atom is 0.188 e. The van der Waals surface area contributed by atoms with Crippen molar-refractivity contribution in [3.8, 4) is 0 Å². The maximum absolute atomic E-state index is 5.75. The van der Waals surface area contributed by atoms with Gasteiger partial charge in [-0.05, 0) is 19.8 Å². The predicted molar refractivity (Wildman–Crippen MR) is 88.8 cm³/mol. The molecule has 0 aromatic carbocycles. The van der Waals surface area contributed by atoms with Gasteiger partial charge in [0.2, 0.25) is 0 Å². The van der Waals surface area contributed by atoms with Crippen molar-refractivity contribution >= 4 is 26.8 Å². The van der Waals surface area contributed by atoms with Crippen molar-refractivity contribution in [1.29, 1.82) is 0 Å². The fourth-order valence-electron chi connectivity index (χ4n) is 3.41. The van der Waals surface area contributed by atoms with E-state index in [0.29, 0.717) is 6.10 Å².